The fraction of sp³-hybridized carbons (Fsp3) is 0.269. The zero-order chi connectivity index (χ0) is 24.5. The van der Waals surface area contributed by atoms with E-state index in [4.69, 9.17) is 9.47 Å². The van der Waals surface area contributed by atoms with Gasteiger partial charge in [0, 0.05) is 23.4 Å². The molecule has 9 nitrogen and oxygen atoms in total. The van der Waals surface area contributed by atoms with Gasteiger partial charge in [-0.25, -0.2) is 4.68 Å². The number of benzene rings is 2. The number of hydrogen-bond acceptors (Lipinski definition) is 7. The number of nitrogens with zero attached hydrogens (tertiary/aromatic N) is 2. The summed E-state index contributed by atoms with van der Waals surface area (Å²) in [6, 6.07) is 11.6. The van der Waals surface area contributed by atoms with E-state index in [9.17, 15) is 14.7 Å². The van der Waals surface area contributed by atoms with E-state index < -0.39 is 6.04 Å². The Kier molecular flexibility index (Phi) is 5.90. The number of anilines is 2. The molecule has 1 aromatic heterocycles. The van der Waals surface area contributed by atoms with Crippen LogP contribution in [0.5, 0.6) is 17.2 Å². The van der Waals surface area contributed by atoms with Crippen molar-refractivity contribution in [2.24, 2.45) is 0 Å². The molecule has 5 rings (SSSR count). The molecule has 0 saturated heterocycles. The number of amides is 1. The quantitative estimate of drug-likeness (QED) is 0.489. The summed E-state index contributed by atoms with van der Waals surface area (Å²) in [6.07, 6.45) is 3.38. The number of methoxy groups -OCH3 is 1. The van der Waals surface area contributed by atoms with Crippen molar-refractivity contribution in [3.63, 3.8) is 0 Å². The monoisotopic (exact) mass is 474 g/mol. The summed E-state index contributed by atoms with van der Waals surface area (Å²) < 4.78 is 12.4. The Hall–Kier alpha value is -4.27. The molecule has 0 fully saturated rings. The van der Waals surface area contributed by atoms with Crippen LogP contribution in [0.4, 0.5) is 11.5 Å². The highest BCUT2D eigenvalue weighted by Crippen LogP contribution is 2.43. The molecule has 1 aliphatic heterocycles. The Balaban J connectivity index is 1.52. The Morgan fingerprint density at radius 2 is 2.03 bits per heavy atom. The number of carbonyl (C=O) groups is 2. The Labute approximate surface area is 202 Å². The maximum Gasteiger partial charge on any atom is 0.261 e. The molecule has 0 bridgehead atoms. The highest BCUT2D eigenvalue weighted by Gasteiger charge is 2.37. The molecule has 0 unspecified atom stereocenters. The first-order valence-corrected chi connectivity index (χ1v) is 11.5. The van der Waals surface area contributed by atoms with Crippen molar-refractivity contribution in [2.75, 3.05) is 24.4 Å². The summed E-state index contributed by atoms with van der Waals surface area (Å²) >= 11 is 0. The molecule has 1 atom stereocenters. The average Bonchev–Trinajstić information content (AvgIpc) is 3.28. The number of ketones is 1. The van der Waals surface area contributed by atoms with Crippen molar-refractivity contribution < 1.29 is 24.2 Å². The lowest BCUT2D eigenvalue weighted by molar-refractivity contribution is -0.116. The van der Waals surface area contributed by atoms with E-state index >= 15 is 0 Å². The van der Waals surface area contributed by atoms with Crippen LogP contribution in [0.15, 0.2) is 59.9 Å². The summed E-state index contributed by atoms with van der Waals surface area (Å²) in [5, 5.41) is 20.8. The van der Waals surface area contributed by atoms with Gasteiger partial charge < -0.3 is 25.2 Å². The van der Waals surface area contributed by atoms with Gasteiger partial charge in [0.1, 0.15) is 23.2 Å². The van der Waals surface area contributed by atoms with Gasteiger partial charge in [-0.15, -0.1) is 0 Å². The van der Waals surface area contributed by atoms with Crippen molar-refractivity contribution in [3.05, 3.63) is 71.1 Å². The van der Waals surface area contributed by atoms with Crippen LogP contribution < -0.4 is 20.1 Å². The van der Waals surface area contributed by atoms with E-state index in [1.165, 1.54) is 19.4 Å². The minimum atomic E-state index is -0.546. The standard InChI is InChI=1S/C26H26N4O5/c1-3-35-17-10-8-16(9-11-17)28-26(33)18-14-27-30-24(15-7-12-20(31)22(13-15)34-2)23-19(29-25(18)30)5-4-6-21(23)32/h7-14,24,29,31H,3-6H2,1-2H3,(H,28,33)/t24-/m1/s1. The molecule has 2 aromatic carbocycles. The molecule has 35 heavy (non-hydrogen) atoms. The number of ether oxygens (including phenoxy) is 2. The van der Waals surface area contributed by atoms with Crippen LogP contribution in [0.1, 0.15) is 48.1 Å². The first-order valence-electron chi connectivity index (χ1n) is 11.5. The van der Waals surface area contributed by atoms with E-state index in [2.05, 4.69) is 15.7 Å². The Morgan fingerprint density at radius 1 is 1.23 bits per heavy atom. The molecule has 0 spiro atoms. The second-order valence-electron chi connectivity index (χ2n) is 8.39. The second kappa shape index (κ2) is 9.17. The first-order chi connectivity index (χ1) is 17.0. The molecule has 0 saturated carbocycles. The van der Waals surface area contributed by atoms with E-state index in [0.29, 0.717) is 47.8 Å². The van der Waals surface area contributed by atoms with Crippen molar-refractivity contribution >= 4 is 23.2 Å². The first kappa shape index (κ1) is 22.5. The maximum absolute atomic E-state index is 13.2. The zero-order valence-corrected chi connectivity index (χ0v) is 19.5. The maximum atomic E-state index is 13.2. The van der Waals surface area contributed by atoms with E-state index in [-0.39, 0.29) is 17.4 Å². The molecular weight excluding hydrogens is 448 g/mol. The number of rotatable bonds is 6. The lowest BCUT2D eigenvalue weighted by atomic mass is 9.85. The van der Waals surface area contributed by atoms with Crippen LogP contribution in [0.3, 0.4) is 0 Å². The minimum absolute atomic E-state index is 0.00506. The number of phenols is 1. The third kappa shape index (κ3) is 4.09. The number of carbonyl (C=O) groups excluding carboxylic acids is 2. The smallest absolute Gasteiger partial charge is 0.261 e. The molecule has 2 aliphatic rings. The summed E-state index contributed by atoms with van der Waals surface area (Å²) in [4.78, 5) is 26.2. The number of phenolic OH excluding ortho intramolecular Hbond substituents is 1. The summed E-state index contributed by atoms with van der Waals surface area (Å²) in [7, 11) is 1.47. The van der Waals surface area contributed by atoms with Gasteiger partial charge in [-0.1, -0.05) is 6.07 Å². The van der Waals surface area contributed by atoms with Crippen LogP contribution in [0.25, 0.3) is 0 Å². The Morgan fingerprint density at radius 3 is 2.77 bits per heavy atom. The van der Waals surface area contributed by atoms with Crippen LogP contribution in [-0.2, 0) is 4.79 Å². The molecule has 1 amide bonds. The van der Waals surface area contributed by atoms with Crippen molar-refractivity contribution in [1.82, 2.24) is 9.78 Å². The van der Waals surface area contributed by atoms with Crippen LogP contribution in [-0.4, -0.2) is 40.3 Å². The van der Waals surface area contributed by atoms with Crippen LogP contribution >= 0.6 is 0 Å². The van der Waals surface area contributed by atoms with E-state index in [1.54, 1.807) is 41.1 Å². The topological polar surface area (TPSA) is 115 Å². The number of fused-ring (bicyclic) bond motifs is 1. The molecule has 2 heterocycles. The number of aromatic hydroxyl groups is 1. The molecule has 1 aliphatic carbocycles. The molecule has 180 valence electrons. The second-order valence-corrected chi connectivity index (χ2v) is 8.39. The van der Waals surface area contributed by atoms with Gasteiger partial charge in [-0.3, -0.25) is 9.59 Å². The number of aromatic nitrogens is 2. The van der Waals surface area contributed by atoms with Crippen molar-refractivity contribution in [3.8, 4) is 17.2 Å². The Bertz CT molecular complexity index is 1330. The summed E-state index contributed by atoms with van der Waals surface area (Å²) in [5.74, 6) is 1.26. The summed E-state index contributed by atoms with van der Waals surface area (Å²) in [5.41, 5.74) is 3.13. The fourth-order valence-electron chi connectivity index (χ4n) is 4.60. The molecule has 3 N–H and O–H groups in total. The van der Waals surface area contributed by atoms with Gasteiger partial charge in [0.25, 0.3) is 5.91 Å². The highest BCUT2D eigenvalue weighted by molar-refractivity contribution is 6.08. The van der Waals surface area contributed by atoms with Gasteiger partial charge in [0.05, 0.1) is 19.9 Å². The predicted molar refractivity (Wildman–Crippen MR) is 130 cm³/mol. The van der Waals surface area contributed by atoms with Gasteiger partial charge in [-0.05, 0) is 61.7 Å². The van der Waals surface area contributed by atoms with Gasteiger partial charge >= 0.3 is 0 Å². The third-order valence-corrected chi connectivity index (χ3v) is 6.23. The predicted octanol–water partition coefficient (Wildman–Crippen LogP) is 4.27. The normalized spacial score (nSPS) is 16.7. The fourth-order valence-corrected chi connectivity index (χ4v) is 4.60. The lowest BCUT2D eigenvalue weighted by Crippen LogP contribution is -2.32. The minimum Gasteiger partial charge on any atom is -0.504 e. The summed E-state index contributed by atoms with van der Waals surface area (Å²) in [6.45, 7) is 2.47. The SMILES string of the molecule is CCOc1ccc(NC(=O)c2cnn3c2NC2=C(C(=O)CCC2)[C@H]3c2ccc(O)c(OC)c2)cc1. The van der Waals surface area contributed by atoms with Gasteiger partial charge in [0.2, 0.25) is 0 Å². The lowest BCUT2D eigenvalue weighted by Gasteiger charge is -2.33. The van der Waals surface area contributed by atoms with Crippen LogP contribution in [0, 0.1) is 0 Å². The zero-order valence-electron chi connectivity index (χ0n) is 19.5. The van der Waals surface area contributed by atoms with Crippen molar-refractivity contribution in [1.29, 1.82) is 0 Å². The van der Waals surface area contributed by atoms with Gasteiger partial charge in [-0.2, -0.15) is 5.10 Å². The highest BCUT2D eigenvalue weighted by atomic mass is 16.5. The largest absolute Gasteiger partial charge is 0.504 e. The van der Waals surface area contributed by atoms with Gasteiger partial charge in [0.15, 0.2) is 17.3 Å². The average molecular weight is 475 g/mol. The molecule has 3 aromatic rings. The van der Waals surface area contributed by atoms with Crippen LogP contribution in [0.2, 0.25) is 0 Å². The van der Waals surface area contributed by atoms with E-state index in [1.807, 2.05) is 6.92 Å². The number of nitrogens with one attached hydrogen (secondary N) is 2. The number of Topliss-reactive ketones (excluding diaryl/α,β-unsaturated/α-hetero) is 1. The van der Waals surface area contributed by atoms with Crippen molar-refractivity contribution in [2.45, 2.75) is 32.2 Å². The third-order valence-electron chi connectivity index (χ3n) is 6.23. The van der Waals surface area contributed by atoms with E-state index in [0.717, 1.165) is 23.4 Å². The number of hydrogen-bond donors (Lipinski definition) is 3. The molecular formula is C26H26N4O5. The number of allylic oxidation sites excluding steroid dienone is 2. The molecule has 9 heteroatoms. The molecule has 0 radical (unpaired) electrons.